The van der Waals surface area contributed by atoms with Crippen LogP contribution in [0.2, 0.25) is 0 Å². The number of carboxylic acids is 1. The van der Waals surface area contributed by atoms with Crippen molar-refractivity contribution in [1.29, 1.82) is 0 Å². The monoisotopic (exact) mass is 316 g/mol. The fourth-order valence-electron chi connectivity index (χ4n) is 2.67. The highest BCUT2D eigenvalue weighted by atomic mass is 19.2. The Balaban J connectivity index is 2.31. The van der Waals surface area contributed by atoms with Gasteiger partial charge in [0.15, 0.2) is 11.6 Å². The van der Waals surface area contributed by atoms with Gasteiger partial charge < -0.3 is 9.67 Å². The summed E-state index contributed by atoms with van der Waals surface area (Å²) < 4.78 is 28.3. The van der Waals surface area contributed by atoms with Gasteiger partial charge in [-0.2, -0.15) is 0 Å². The van der Waals surface area contributed by atoms with Gasteiger partial charge in [0.2, 0.25) is 0 Å². The molecular weight excluding hydrogens is 302 g/mol. The Hall–Kier alpha value is -2.76. The van der Waals surface area contributed by atoms with Crippen molar-refractivity contribution in [3.05, 3.63) is 54.1 Å². The predicted octanol–water partition coefficient (Wildman–Crippen LogP) is 4.02. The molecule has 1 N–H and O–H groups in total. The predicted molar refractivity (Wildman–Crippen MR) is 82.0 cm³/mol. The van der Waals surface area contributed by atoms with Gasteiger partial charge in [0.1, 0.15) is 11.9 Å². The van der Waals surface area contributed by atoms with Crippen LogP contribution in [0, 0.1) is 11.6 Å². The van der Waals surface area contributed by atoms with Crippen molar-refractivity contribution in [3.63, 3.8) is 0 Å². The first-order valence-corrected chi connectivity index (χ1v) is 7.18. The van der Waals surface area contributed by atoms with E-state index >= 15 is 0 Å². The quantitative estimate of drug-likeness (QED) is 0.791. The minimum atomic E-state index is -1.00. The maximum absolute atomic E-state index is 13.6. The molecule has 0 saturated heterocycles. The molecule has 0 amide bonds. The van der Waals surface area contributed by atoms with Crippen molar-refractivity contribution >= 4 is 17.0 Å². The lowest BCUT2D eigenvalue weighted by molar-refractivity contribution is -0.140. The van der Waals surface area contributed by atoms with Gasteiger partial charge in [0.25, 0.3) is 0 Å². The molecule has 6 heteroatoms. The first-order valence-electron chi connectivity index (χ1n) is 7.18. The van der Waals surface area contributed by atoms with Crippen molar-refractivity contribution in [2.45, 2.75) is 19.4 Å². The fourth-order valence-corrected chi connectivity index (χ4v) is 2.67. The number of fused-ring (bicyclic) bond motifs is 1. The number of aromatic nitrogens is 2. The van der Waals surface area contributed by atoms with Crippen LogP contribution in [0.1, 0.15) is 19.4 Å². The molecule has 0 aliphatic carbocycles. The van der Waals surface area contributed by atoms with Crippen LogP contribution in [0.4, 0.5) is 8.78 Å². The van der Waals surface area contributed by atoms with E-state index in [4.69, 9.17) is 0 Å². The molecule has 1 atom stereocenters. The second kappa shape index (κ2) is 5.79. The average molecular weight is 316 g/mol. The molecule has 0 aliphatic rings. The van der Waals surface area contributed by atoms with E-state index in [1.54, 1.807) is 35.8 Å². The summed E-state index contributed by atoms with van der Waals surface area (Å²) in [6, 6.07) is 9.68. The third kappa shape index (κ3) is 2.56. The number of carbonyl (C=O) groups is 1. The Morgan fingerprint density at radius 1 is 1.22 bits per heavy atom. The second-order valence-corrected chi connectivity index (χ2v) is 5.19. The highest BCUT2D eigenvalue weighted by molar-refractivity contribution is 5.84. The van der Waals surface area contributed by atoms with Crippen molar-refractivity contribution in [2.24, 2.45) is 0 Å². The van der Waals surface area contributed by atoms with Crippen LogP contribution in [0.3, 0.4) is 0 Å². The zero-order valence-electron chi connectivity index (χ0n) is 12.3. The van der Waals surface area contributed by atoms with Crippen molar-refractivity contribution in [2.75, 3.05) is 0 Å². The summed E-state index contributed by atoms with van der Waals surface area (Å²) in [4.78, 5) is 16.0. The number of rotatable bonds is 4. The molecule has 0 saturated carbocycles. The van der Waals surface area contributed by atoms with Gasteiger partial charge in [-0.25, -0.2) is 18.6 Å². The van der Waals surface area contributed by atoms with Gasteiger partial charge in [-0.1, -0.05) is 19.1 Å². The first kappa shape index (κ1) is 15.1. The Morgan fingerprint density at radius 2 is 1.96 bits per heavy atom. The minimum absolute atomic E-state index is 0.305. The summed E-state index contributed by atoms with van der Waals surface area (Å²) in [5, 5.41) is 9.49. The van der Waals surface area contributed by atoms with Crippen LogP contribution in [-0.4, -0.2) is 20.6 Å². The Kier molecular flexibility index (Phi) is 3.82. The van der Waals surface area contributed by atoms with E-state index in [2.05, 4.69) is 4.98 Å². The average Bonchev–Trinajstić information content (AvgIpc) is 2.90. The van der Waals surface area contributed by atoms with E-state index in [1.165, 1.54) is 6.07 Å². The summed E-state index contributed by atoms with van der Waals surface area (Å²) in [5.41, 5.74) is 1.58. The topological polar surface area (TPSA) is 55.1 Å². The number of aliphatic carboxylic acids is 1. The lowest BCUT2D eigenvalue weighted by Crippen LogP contribution is -2.19. The molecule has 118 valence electrons. The maximum Gasteiger partial charge on any atom is 0.326 e. The minimum Gasteiger partial charge on any atom is -0.480 e. The van der Waals surface area contributed by atoms with Gasteiger partial charge in [0, 0.05) is 5.56 Å². The molecule has 3 aromatic rings. The van der Waals surface area contributed by atoms with Crippen molar-refractivity contribution in [1.82, 2.24) is 9.55 Å². The molecule has 0 aliphatic heterocycles. The van der Waals surface area contributed by atoms with Crippen LogP contribution in [0.15, 0.2) is 42.5 Å². The van der Waals surface area contributed by atoms with Crippen LogP contribution in [-0.2, 0) is 4.79 Å². The smallest absolute Gasteiger partial charge is 0.326 e. The zero-order valence-corrected chi connectivity index (χ0v) is 12.3. The number of hydrogen-bond acceptors (Lipinski definition) is 2. The molecule has 2 aromatic carbocycles. The van der Waals surface area contributed by atoms with Crippen molar-refractivity contribution in [3.8, 4) is 11.4 Å². The molecule has 0 bridgehead atoms. The van der Waals surface area contributed by atoms with E-state index in [0.29, 0.717) is 28.8 Å². The van der Waals surface area contributed by atoms with Crippen molar-refractivity contribution < 1.29 is 18.7 Å². The van der Waals surface area contributed by atoms with Gasteiger partial charge in [0.05, 0.1) is 11.0 Å². The number of benzene rings is 2. The summed E-state index contributed by atoms with van der Waals surface area (Å²) in [6.45, 7) is 1.75. The summed E-state index contributed by atoms with van der Waals surface area (Å²) in [7, 11) is 0. The zero-order chi connectivity index (χ0) is 16.6. The SMILES string of the molecule is CCC(C(=O)O)n1c(-c2ccc(F)c(F)c2)nc2ccccc21. The molecule has 3 rings (SSSR count). The first-order chi connectivity index (χ1) is 11.0. The molecule has 1 unspecified atom stereocenters. The van der Waals surface area contributed by atoms with E-state index < -0.39 is 23.6 Å². The number of halogens is 2. The van der Waals surface area contributed by atoms with Crippen LogP contribution < -0.4 is 0 Å². The number of hydrogen-bond donors (Lipinski definition) is 1. The van der Waals surface area contributed by atoms with Gasteiger partial charge in [-0.3, -0.25) is 0 Å². The lowest BCUT2D eigenvalue weighted by atomic mass is 10.1. The fraction of sp³-hybridized carbons (Fsp3) is 0.176. The third-order valence-electron chi connectivity index (χ3n) is 3.76. The molecule has 0 spiro atoms. The van der Waals surface area contributed by atoms with Gasteiger partial charge >= 0.3 is 5.97 Å². The Morgan fingerprint density at radius 3 is 2.61 bits per heavy atom. The third-order valence-corrected chi connectivity index (χ3v) is 3.76. The summed E-state index contributed by atoms with van der Waals surface area (Å²) >= 11 is 0. The summed E-state index contributed by atoms with van der Waals surface area (Å²) in [5.74, 6) is -2.65. The number of para-hydroxylation sites is 2. The highest BCUT2D eigenvalue weighted by Crippen LogP contribution is 2.30. The molecular formula is C17H14F2N2O2. The van der Waals surface area contributed by atoms with E-state index in [0.717, 1.165) is 12.1 Å². The number of nitrogens with zero attached hydrogens (tertiary/aromatic N) is 2. The molecule has 0 fully saturated rings. The lowest BCUT2D eigenvalue weighted by Gasteiger charge is -2.16. The van der Waals surface area contributed by atoms with Gasteiger partial charge in [-0.05, 0) is 36.8 Å². The van der Waals surface area contributed by atoms with Crippen LogP contribution >= 0.6 is 0 Å². The molecule has 4 nitrogen and oxygen atoms in total. The second-order valence-electron chi connectivity index (χ2n) is 5.19. The van der Waals surface area contributed by atoms with Gasteiger partial charge in [-0.15, -0.1) is 0 Å². The molecule has 23 heavy (non-hydrogen) atoms. The van der Waals surface area contributed by atoms with E-state index in [1.807, 2.05) is 0 Å². The molecule has 1 aromatic heterocycles. The maximum atomic E-state index is 13.6. The molecule has 1 heterocycles. The standard InChI is InChI=1S/C17H14F2N2O2/c1-2-14(17(22)23)21-15-6-4-3-5-13(15)20-16(21)10-7-8-11(18)12(19)9-10/h3-9,14H,2H2,1H3,(H,22,23). The van der Waals surface area contributed by atoms with Crippen LogP contribution in [0.25, 0.3) is 22.4 Å². The molecule has 0 radical (unpaired) electrons. The largest absolute Gasteiger partial charge is 0.480 e. The van der Waals surface area contributed by atoms with E-state index in [-0.39, 0.29) is 0 Å². The van der Waals surface area contributed by atoms with E-state index in [9.17, 15) is 18.7 Å². The Labute approximate surface area is 131 Å². The number of imidazole rings is 1. The number of carboxylic acid groups (broad SMARTS) is 1. The summed E-state index contributed by atoms with van der Waals surface area (Å²) in [6.07, 6.45) is 0.340. The van der Waals surface area contributed by atoms with Crippen LogP contribution in [0.5, 0.6) is 0 Å². The normalized spacial score (nSPS) is 12.5. The Bertz CT molecular complexity index is 889. The highest BCUT2D eigenvalue weighted by Gasteiger charge is 2.24.